The van der Waals surface area contributed by atoms with Crippen molar-refractivity contribution in [2.24, 2.45) is 0 Å². The molecular weight excluding hydrogens is 480 g/mol. The molecule has 1 heterocycles. The highest BCUT2D eigenvalue weighted by atomic mass is 35.5. The Morgan fingerprint density at radius 2 is 1.58 bits per heavy atom. The molecule has 3 nitrogen and oxygen atoms in total. The lowest BCUT2D eigenvalue weighted by Gasteiger charge is -2.13. The van der Waals surface area contributed by atoms with Crippen LogP contribution in [0.15, 0.2) is 65.6 Å². The predicted octanol–water partition coefficient (Wildman–Crippen LogP) is 6.81. The SMILES string of the molecule is CS(=O)(=O)c1cc(F)cc2c3c(n(Cc4ccc(Cl)cc4)c12)CCC3Cc1ccc(Cl)cc1. The van der Waals surface area contributed by atoms with Crippen molar-refractivity contribution in [3.63, 3.8) is 0 Å². The van der Waals surface area contributed by atoms with E-state index in [1.165, 1.54) is 6.07 Å². The zero-order valence-electron chi connectivity index (χ0n) is 18.0. The lowest BCUT2D eigenvalue weighted by atomic mass is 9.93. The van der Waals surface area contributed by atoms with Crippen LogP contribution >= 0.6 is 23.2 Å². The monoisotopic (exact) mass is 501 g/mol. The van der Waals surface area contributed by atoms with Gasteiger partial charge in [-0.1, -0.05) is 47.5 Å². The zero-order chi connectivity index (χ0) is 23.3. The number of sulfone groups is 1. The zero-order valence-corrected chi connectivity index (χ0v) is 20.3. The summed E-state index contributed by atoms with van der Waals surface area (Å²) < 4.78 is 42.1. The van der Waals surface area contributed by atoms with Crippen molar-refractivity contribution in [1.82, 2.24) is 4.57 Å². The quantitative estimate of drug-likeness (QED) is 0.301. The maximum Gasteiger partial charge on any atom is 0.177 e. The minimum Gasteiger partial charge on any atom is -0.339 e. The Bertz CT molecular complexity index is 1460. The molecule has 0 bridgehead atoms. The van der Waals surface area contributed by atoms with Gasteiger partial charge >= 0.3 is 0 Å². The van der Waals surface area contributed by atoms with Crippen LogP contribution in [0.4, 0.5) is 4.39 Å². The number of fused-ring (bicyclic) bond motifs is 3. The highest BCUT2D eigenvalue weighted by molar-refractivity contribution is 7.91. The lowest BCUT2D eigenvalue weighted by Crippen LogP contribution is -2.08. The van der Waals surface area contributed by atoms with E-state index in [9.17, 15) is 12.8 Å². The number of aromatic nitrogens is 1. The molecule has 3 aromatic carbocycles. The van der Waals surface area contributed by atoms with Gasteiger partial charge in [-0.2, -0.15) is 0 Å². The maximum atomic E-state index is 14.7. The second-order valence-electron chi connectivity index (χ2n) is 8.71. The third-order valence-electron chi connectivity index (χ3n) is 6.42. The molecule has 0 saturated carbocycles. The molecule has 33 heavy (non-hydrogen) atoms. The molecule has 1 aliphatic carbocycles. The van der Waals surface area contributed by atoms with Crippen LogP contribution in [0.5, 0.6) is 0 Å². The van der Waals surface area contributed by atoms with E-state index in [4.69, 9.17) is 23.2 Å². The normalized spacial score (nSPS) is 15.8. The second-order valence-corrected chi connectivity index (χ2v) is 11.6. The number of hydrogen-bond donors (Lipinski definition) is 0. The van der Waals surface area contributed by atoms with Gasteiger partial charge in [-0.25, -0.2) is 12.8 Å². The molecule has 0 aliphatic heterocycles. The molecule has 7 heteroatoms. The van der Waals surface area contributed by atoms with Crippen molar-refractivity contribution in [1.29, 1.82) is 0 Å². The minimum absolute atomic E-state index is 0.0334. The molecule has 170 valence electrons. The van der Waals surface area contributed by atoms with Gasteiger partial charge in [0.2, 0.25) is 0 Å². The topological polar surface area (TPSA) is 39.1 Å². The van der Waals surface area contributed by atoms with E-state index in [-0.39, 0.29) is 10.8 Å². The van der Waals surface area contributed by atoms with Gasteiger partial charge in [0, 0.05) is 33.9 Å². The predicted molar refractivity (Wildman–Crippen MR) is 132 cm³/mol. The van der Waals surface area contributed by atoms with Crippen molar-refractivity contribution in [3.8, 4) is 0 Å². The summed E-state index contributed by atoms with van der Waals surface area (Å²) in [6.45, 7) is 0.491. The van der Waals surface area contributed by atoms with E-state index in [2.05, 4.69) is 4.57 Å². The standard InChI is InChI=1S/C26H22Cl2FNO2S/c1-33(31,32)24-14-21(29)13-22-25-18(12-16-2-7-19(27)8-3-16)6-11-23(25)30(26(22)24)15-17-4-9-20(28)10-5-17/h2-5,7-10,13-14,18H,6,11-12,15H2,1H3. The van der Waals surface area contributed by atoms with Crippen molar-refractivity contribution < 1.29 is 12.8 Å². The first kappa shape index (κ1) is 22.5. The van der Waals surface area contributed by atoms with Crippen LogP contribution in [0, 0.1) is 5.82 Å². The Kier molecular flexibility index (Phi) is 5.76. The van der Waals surface area contributed by atoms with Gasteiger partial charge in [-0.05, 0) is 78.3 Å². The Morgan fingerprint density at radius 3 is 2.18 bits per heavy atom. The molecule has 0 amide bonds. The Hall–Kier alpha value is -2.34. The van der Waals surface area contributed by atoms with E-state index < -0.39 is 15.7 Å². The molecule has 0 spiro atoms. The highest BCUT2D eigenvalue weighted by Crippen LogP contribution is 2.44. The first-order valence-corrected chi connectivity index (χ1v) is 13.4. The molecule has 1 aliphatic rings. The fraction of sp³-hybridized carbons (Fsp3) is 0.231. The van der Waals surface area contributed by atoms with E-state index in [0.29, 0.717) is 27.5 Å². The van der Waals surface area contributed by atoms with Crippen LogP contribution in [0.3, 0.4) is 0 Å². The van der Waals surface area contributed by atoms with Crippen molar-refractivity contribution >= 4 is 43.9 Å². The molecular formula is C26H22Cl2FNO2S. The van der Waals surface area contributed by atoms with Gasteiger partial charge in [0.1, 0.15) is 5.82 Å². The summed E-state index contributed by atoms with van der Waals surface area (Å²) in [4.78, 5) is 0.0334. The summed E-state index contributed by atoms with van der Waals surface area (Å²) in [5.41, 5.74) is 4.87. The van der Waals surface area contributed by atoms with Gasteiger partial charge in [-0.3, -0.25) is 0 Å². The molecule has 1 aromatic heterocycles. The average Bonchev–Trinajstić information content (AvgIpc) is 3.29. The van der Waals surface area contributed by atoms with Crippen LogP contribution < -0.4 is 0 Å². The van der Waals surface area contributed by atoms with Crippen LogP contribution in [0.25, 0.3) is 10.9 Å². The van der Waals surface area contributed by atoms with Gasteiger partial charge in [0.05, 0.1) is 10.4 Å². The van der Waals surface area contributed by atoms with Gasteiger partial charge in [0.15, 0.2) is 9.84 Å². The van der Waals surface area contributed by atoms with E-state index in [1.54, 1.807) is 0 Å². The number of nitrogens with zero attached hydrogens (tertiary/aromatic N) is 1. The Morgan fingerprint density at radius 1 is 0.970 bits per heavy atom. The molecule has 0 saturated heterocycles. The smallest absolute Gasteiger partial charge is 0.177 e. The van der Waals surface area contributed by atoms with E-state index in [0.717, 1.165) is 54.0 Å². The number of rotatable bonds is 5. The summed E-state index contributed by atoms with van der Waals surface area (Å²) in [6.07, 6.45) is 3.65. The van der Waals surface area contributed by atoms with Gasteiger partial charge in [-0.15, -0.1) is 0 Å². The number of hydrogen-bond acceptors (Lipinski definition) is 2. The van der Waals surface area contributed by atoms with Crippen LogP contribution in [-0.2, 0) is 29.2 Å². The van der Waals surface area contributed by atoms with Crippen LogP contribution in [0.2, 0.25) is 10.0 Å². The Balaban J connectivity index is 1.70. The second kappa shape index (κ2) is 8.46. The minimum atomic E-state index is -3.64. The van der Waals surface area contributed by atoms with Crippen molar-refractivity contribution in [2.45, 2.75) is 36.6 Å². The third kappa shape index (κ3) is 4.30. The van der Waals surface area contributed by atoms with Gasteiger partial charge < -0.3 is 4.57 Å². The summed E-state index contributed by atoms with van der Waals surface area (Å²) in [7, 11) is -3.64. The summed E-state index contributed by atoms with van der Waals surface area (Å²) in [5, 5.41) is 2.02. The number of benzene rings is 3. The van der Waals surface area contributed by atoms with Gasteiger partial charge in [0.25, 0.3) is 0 Å². The molecule has 0 fully saturated rings. The fourth-order valence-corrected chi connectivity index (χ4v) is 6.16. The lowest BCUT2D eigenvalue weighted by molar-refractivity contribution is 0.596. The molecule has 1 atom stereocenters. The molecule has 1 unspecified atom stereocenters. The maximum absolute atomic E-state index is 14.7. The van der Waals surface area contributed by atoms with Crippen molar-refractivity contribution in [3.05, 3.63) is 98.9 Å². The van der Waals surface area contributed by atoms with E-state index in [1.807, 2.05) is 48.5 Å². The third-order valence-corrected chi connectivity index (χ3v) is 8.04. The molecule has 4 aromatic rings. The largest absolute Gasteiger partial charge is 0.339 e. The molecule has 0 N–H and O–H groups in total. The molecule has 0 radical (unpaired) electrons. The summed E-state index contributed by atoms with van der Waals surface area (Å²) >= 11 is 12.1. The van der Waals surface area contributed by atoms with Crippen LogP contribution in [0.1, 0.15) is 34.7 Å². The first-order chi connectivity index (χ1) is 15.7. The summed E-state index contributed by atoms with van der Waals surface area (Å²) in [6, 6.07) is 17.9. The van der Waals surface area contributed by atoms with E-state index >= 15 is 0 Å². The highest BCUT2D eigenvalue weighted by Gasteiger charge is 2.32. The number of halogens is 3. The fourth-order valence-electron chi connectivity index (χ4n) is 5.01. The van der Waals surface area contributed by atoms with Crippen LogP contribution in [-0.4, -0.2) is 19.2 Å². The van der Waals surface area contributed by atoms with Crippen molar-refractivity contribution in [2.75, 3.05) is 6.26 Å². The first-order valence-electron chi connectivity index (χ1n) is 10.7. The average molecular weight is 502 g/mol. The Labute approximate surface area is 202 Å². The molecule has 5 rings (SSSR count). The summed E-state index contributed by atoms with van der Waals surface area (Å²) in [5.74, 6) is -0.365.